The lowest BCUT2D eigenvalue weighted by Crippen LogP contribution is -2.18. The second kappa shape index (κ2) is 15.3. The molecule has 152 valence electrons. The summed E-state index contributed by atoms with van der Waals surface area (Å²) in [6.07, 6.45) is -1.13. The predicted octanol–water partition coefficient (Wildman–Crippen LogP) is 4.99. The Morgan fingerprint density at radius 3 is 1.16 bits per heavy atom. The van der Waals surface area contributed by atoms with Crippen LogP contribution in [0.1, 0.15) is 13.3 Å². The van der Waals surface area contributed by atoms with E-state index in [1.54, 1.807) is 6.92 Å². The van der Waals surface area contributed by atoms with Gasteiger partial charge in [-0.25, -0.2) is 9.13 Å². The van der Waals surface area contributed by atoms with Gasteiger partial charge in [0.2, 0.25) is 0 Å². The van der Waals surface area contributed by atoms with E-state index in [-0.39, 0.29) is 56.4 Å². The summed E-state index contributed by atoms with van der Waals surface area (Å²) in [6.45, 7) is 1.24. The first-order valence-corrected chi connectivity index (χ1v) is 12.3. The molecular weight excluding hydrogens is 464 g/mol. The molecule has 0 amide bonds. The lowest BCUT2D eigenvalue weighted by atomic mass is 10.5. The second-order valence-corrected chi connectivity index (χ2v) is 8.79. The van der Waals surface area contributed by atoms with Gasteiger partial charge in [0.05, 0.1) is 26.4 Å². The molecule has 0 aromatic heterocycles. The predicted molar refractivity (Wildman–Crippen MR) is 98.2 cm³/mol. The maximum Gasteiger partial charge on any atom is 0.477 e. The molecule has 14 heteroatoms. The molecule has 0 spiro atoms. The molecule has 0 saturated carbocycles. The Balaban J connectivity index is 5.03. The fraction of sp³-hybridized carbons (Fsp3) is 1.00. The molecular formula is C11H22Cl4O8P2. The Morgan fingerprint density at radius 2 is 0.960 bits per heavy atom. The number of alkyl halides is 4. The van der Waals surface area contributed by atoms with Gasteiger partial charge >= 0.3 is 15.6 Å². The average molecular weight is 486 g/mol. The molecule has 0 aliphatic carbocycles. The van der Waals surface area contributed by atoms with Gasteiger partial charge < -0.3 is 0 Å². The molecule has 8 nitrogen and oxygen atoms in total. The quantitative estimate of drug-likeness (QED) is 0.161. The molecule has 0 heterocycles. The summed E-state index contributed by atoms with van der Waals surface area (Å²) in [7, 11) is -8.08. The summed E-state index contributed by atoms with van der Waals surface area (Å²) < 4.78 is 55.6. The summed E-state index contributed by atoms with van der Waals surface area (Å²) in [6, 6.07) is 0. The van der Waals surface area contributed by atoms with Crippen molar-refractivity contribution >= 4 is 62.0 Å². The van der Waals surface area contributed by atoms with Crippen LogP contribution in [-0.2, 0) is 36.3 Å². The number of rotatable bonds is 17. The van der Waals surface area contributed by atoms with Gasteiger partial charge in [-0.05, 0) is 6.42 Å². The minimum Gasteiger partial charge on any atom is -0.286 e. The highest BCUT2D eigenvalue weighted by atomic mass is 35.5. The van der Waals surface area contributed by atoms with E-state index in [1.165, 1.54) is 0 Å². The van der Waals surface area contributed by atoms with Crippen LogP contribution >= 0.6 is 62.0 Å². The standard InChI is InChI=1S/C11H22Cl4O8P2/c1-2-11(22-24(16,18-7-3-12)19-8-4-13)23-25(17,20-9-5-14)21-10-6-15/h11H,2-10H2,1H3. The molecule has 0 rings (SSSR count). The first-order chi connectivity index (χ1) is 11.9. The van der Waals surface area contributed by atoms with Crippen molar-refractivity contribution < 1.29 is 36.3 Å². The zero-order valence-electron chi connectivity index (χ0n) is 13.6. The van der Waals surface area contributed by atoms with Gasteiger partial charge in [-0.1, -0.05) is 6.92 Å². The number of phosphoric acid groups is 2. The van der Waals surface area contributed by atoms with E-state index in [0.29, 0.717) is 0 Å². The summed E-state index contributed by atoms with van der Waals surface area (Å²) in [5.74, 6) is 0.244. The van der Waals surface area contributed by atoms with Crippen LogP contribution < -0.4 is 0 Å². The molecule has 0 unspecified atom stereocenters. The van der Waals surface area contributed by atoms with E-state index >= 15 is 0 Å². The van der Waals surface area contributed by atoms with Crippen molar-refractivity contribution in [1.29, 1.82) is 0 Å². The summed E-state index contributed by atoms with van der Waals surface area (Å²) in [5.41, 5.74) is 0. The zero-order chi connectivity index (χ0) is 19.2. The third kappa shape index (κ3) is 12.5. The highest BCUT2D eigenvalue weighted by Crippen LogP contribution is 2.56. The lowest BCUT2D eigenvalue weighted by Gasteiger charge is -2.25. The highest BCUT2D eigenvalue weighted by Gasteiger charge is 2.36. The van der Waals surface area contributed by atoms with Gasteiger partial charge in [0.25, 0.3) is 0 Å². The van der Waals surface area contributed by atoms with Gasteiger partial charge in [0.15, 0.2) is 6.29 Å². The third-order valence-corrected chi connectivity index (χ3v) is 5.73. The Labute approximate surface area is 167 Å². The van der Waals surface area contributed by atoms with Crippen molar-refractivity contribution in [2.75, 3.05) is 49.9 Å². The Morgan fingerprint density at radius 1 is 0.680 bits per heavy atom. The normalized spacial score (nSPS) is 12.9. The minimum absolute atomic E-state index is 0.0609. The van der Waals surface area contributed by atoms with Crippen LogP contribution in [-0.4, -0.2) is 56.2 Å². The zero-order valence-corrected chi connectivity index (χ0v) is 18.4. The van der Waals surface area contributed by atoms with E-state index < -0.39 is 21.9 Å². The van der Waals surface area contributed by atoms with E-state index in [4.69, 9.17) is 73.5 Å². The van der Waals surface area contributed by atoms with Crippen LogP contribution in [0.25, 0.3) is 0 Å². The van der Waals surface area contributed by atoms with Crippen molar-refractivity contribution in [1.82, 2.24) is 0 Å². The van der Waals surface area contributed by atoms with Gasteiger partial charge in [0.1, 0.15) is 0 Å². The number of halogens is 4. The first kappa shape index (κ1) is 26.4. The second-order valence-electron chi connectivity index (χ2n) is 4.03. The fourth-order valence-corrected chi connectivity index (χ4v) is 4.66. The summed E-state index contributed by atoms with van der Waals surface area (Å²) in [5, 5.41) is 0. The molecule has 0 aromatic carbocycles. The van der Waals surface area contributed by atoms with E-state index in [0.717, 1.165) is 0 Å². The van der Waals surface area contributed by atoms with Crippen molar-refractivity contribution in [3.8, 4) is 0 Å². The van der Waals surface area contributed by atoms with Crippen LogP contribution in [0.3, 0.4) is 0 Å². The van der Waals surface area contributed by atoms with Gasteiger partial charge in [-0.2, -0.15) is 0 Å². The largest absolute Gasteiger partial charge is 0.477 e. The van der Waals surface area contributed by atoms with E-state index in [9.17, 15) is 9.13 Å². The van der Waals surface area contributed by atoms with Crippen LogP contribution in [0.15, 0.2) is 0 Å². The SMILES string of the molecule is CCC(OP(=O)(OCCCl)OCCCl)OP(=O)(OCCCl)OCCCl. The monoisotopic (exact) mass is 484 g/mol. The maximum absolute atomic E-state index is 12.5. The average Bonchev–Trinajstić information content (AvgIpc) is 2.61. The topological polar surface area (TPSA) is 89.5 Å². The lowest BCUT2D eigenvalue weighted by molar-refractivity contribution is -0.0535. The van der Waals surface area contributed by atoms with Crippen LogP contribution in [0, 0.1) is 0 Å². The van der Waals surface area contributed by atoms with Crippen molar-refractivity contribution in [3.05, 3.63) is 0 Å². The van der Waals surface area contributed by atoms with E-state index in [1.807, 2.05) is 0 Å². The van der Waals surface area contributed by atoms with Crippen molar-refractivity contribution in [3.63, 3.8) is 0 Å². The summed E-state index contributed by atoms with van der Waals surface area (Å²) in [4.78, 5) is 0. The molecule has 0 aromatic rings. The number of hydrogen-bond donors (Lipinski definition) is 0. The van der Waals surface area contributed by atoms with Crippen LogP contribution in [0.2, 0.25) is 0 Å². The van der Waals surface area contributed by atoms with E-state index in [2.05, 4.69) is 0 Å². The summed E-state index contributed by atoms with van der Waals surface area (Å²) >= 11 is 22.0. The van der Waals surface area contributed by atoms with Crippen molar-refractivity contribution in [2.24, 2.45) is 0 Å². The number of hydrogen-bond acceptors (Lipinski definition) is 8. The molecule has 0 bridgehead atoms. The molecule has 0 fully saturated rings. The van der Waals surface area contributed by atoms with Crippen LogP contribution in [0.5, 0.6) is 0 Å². The van der Waals surface area contributed by atoms with Gasteiger partial charge in [-0.15, -0.1) is 46.4 Å². The first-order valence-electron chi connectivity index (χ1n) is 7.27. The third-order valence-electron chi connectivity index (χ3n) is 2.13. The molecule has 0 aliphatic rings. The molecule has 0 aliphatic heterocycles. The molecule has 25 heavy (non-hydrogen) atoms. The maximum atomic E-state index is 12.5. The Kier molecular flexibility index (Phi) is 16.2. The van der Waals surface area contributed by atoms with Crippen LogP contribution in [0.4, 0.5) is 0 Å². The minimum atomic E-state index is -4.04. The van der Waals surface area contributed by atoms with Gasteiger partial charge in [-0.3, -0.25) is 27.1 Å². The van der Waals surface area contributed by atoms with Gasteiger partial charge in [0, 0.05) is 23.5 Å². The smallest absolute Gasteiger partial charge is 0.286 e. The molecule has 0 atom stereocenters. The Bertz CT molecular complexity index is 371. The fourth-order valence-electron chi connectivity index (χ4n) is 1.24. The number of phosphoric ester groups is 2. The Hall–Kier alpha value is 1.38. The molecule has 0 saturated heterocycles. The molecule has 0 radical (unpaired) electrons. The molecule has 0 N–H and O–H groups in total. The van der Waals surface area contributed by atoms with Crippen molar-refractivity contribution in [2.45, 2.75) is 19.6 Å². The highest BCUT2D eigenvalue weighted by molar-refractivity contribution is 7.49.